The molecule has 1 aromatic carbocycles. The Bertz CT molecular complexity index is 786. The van der Waals surface area contributed by atoms with E-state index in [0.29, 0.717) is 18.2 Å². The SMILES string of the molecule is CCNCC1CCN(C(=O)c2ccc(=O)n(Cc3ccccc3)n2)CC1.Cl. The predicted octanol–water partition coefficient (Wildman–Crippen LogP) is 2.18. The van der Waals surface area contributed by atoms with Gasteiger partial charge in [-0.15, -0.1) is 12.4 Å². The molecule has 6 nitrogen and oxygen atoms in total. The van der Waals surface area contributed by atoms with E-state index < -0.39 is 0 Å². The Morgan fingerprint density at radius 1 is 1.15 bits per heavy atom. The van der Waals surface area contributed by atoms with E-state index in [0.717, 1.165) is 44.6 Å². The summed E-state index contributed by atoms with van der Waals surface area (Å²) in [4.78, 5) is 26.7. The number of hydrogen-bond acceptors (Lipinski definition) is 4. The molecular weight excluding hydrogens is 364 g/mol. The number of halogens is 1. The van der Waals surface area contributed by atoms with Gasteiger partial charge in [0.15, 0.2) is 0 Å². The van der Waals surface area contributed by atoms with Crippen molar-refractivity contribution in [1.82, 2.24) is 20.0 Å². The first-order chi connectivity index (χ1) is 12.7. The van der Waals surface area contributed by atoms with Crippen LogP contribution in [0.15, 0.2) is 47.3 Å². The van der Waals surface area contributed by atoms with E-state index in [1.807, 2.05) is 35.2 Å². The quantitative estimate of drug-likeness (QED) is 0.820. The first-order valence-electron chi connectivity index (χ1n) is 9.29. The van der Waals surface area contributed by atoms with E-state index in [9.17, 15) is 9.59 Å². The molecule has 1 fully saturated rings. The van der Waals surface area contributed by atoms with E-state index >= 15 is 0 Å². The molecule has 1 aliphatic heterocycles. The van der Waals surface area contributed by atoms with Crippen molar-refractivity contribution in [3.05, 3.63) is 64.1 Å². The van der Waals surface area contributed by atoms with Crippen LogP contribution in [0.25, 0.3) is 0 Å². The molecule has 1 amide bonds. The molecule has 0 bridgehead atoms. The van der Waals surface area contributed by atoms with E-state index in [1.165, 1.54) is 16.8 Å². The van der Waals surface area contributed by atoms with Crippen LogP contribution in [0, 0.1) is 5.92 Å². The molecule has 0 unspecified atom stereocenters. The average Bonchev–Trinajstić information content (AvgIpc) is 2.69. The number of likely N-dealkylation sites (tertiary alicyclic amines) is 1. The highest BCUT2D eigenvalue weighted by Crippen LogP contribution is 2.17. The van der Waals surface area contributed by atoms with Gasteiger partial charge in [0.2, 0.25) is 0 Å². The van der Waals surface area contributed by atoms with Crippen molar-refractivity contribution in [2.24, 2.45) is 5.92 Å². The summed E-state index contributed by atoms with van der Waals surface area (Å²) in [6.45, 7) is 5.95. The lowest BCUT2D eigenvalue weighted by Crippen LogP contribution is -2.41. The van der Waals surface area contributed by atoms with Crippen LogP contribution in [0.1, 0.15) is 35.8 Å². The van der Waals surface area contributed by atoms with Crippen LogP contribution in [-0.4, -0.2) is 46.8 Å². The van der Waals surface area contributed by atoms with Crippen molar-refractivity contribution in [2.45, 2.75) is 26.3 Å². The van der Waals surface area contributed by atoms with E-state index in [1.54, 1.807) is 0 Å². The molecule has 7 heteroatoms. The smallest absolute Gasteiger partial charge is 0.274 e. The average molecular weight is 391 g/mol. The molecule has 0 atom stereocenters. The minimum atomic E-state index is -0.199. The van der Waals surface area contributed by atoms with Gasteiger partial charge in [0.05, 0.1) is 6.54 Å². The summed E-state index contributed by atoms with van der Waals surface area (Å²) >= 11 is 0. The van der Waals surface area contributed by atoms with Crippen LogP contribution >= 0.6 is 12.4 Å². The normalized spacial score (nSPS) is 14.6. The molecule has 1 saturated heterocycles. The summed E-state index contributed by atoms with van der Waals surface area (Å²) in [5, 5.41) is 7.69. The highest BCUT2D eigenvalue weighted by Gasteiger charge is 2.24. The van der Waals surface area contributed by atoms with Gasteiger partial charge in [0.25, 0.3) is 11.5 Å². The van der Waals surface area contributed by atoms with Crippen molar-refractivity contribution in [2.75, 3.05) is 26.2 Å². The Hall–Kier alpha value is -2.18. The Balaban J connectivity index is 0.00000261. The van der Waals surface area contributed by atoms with Crippen molar-refractivity contribution < 1.29 is 4.79 Å². The van der Waals surface area contributed by atoms with E-state index in [4.69, 9.17) is 0 Å². The molecule has 146 valence electrons. The van der Waals surface area contributed by atoms with Gasteiger partial charge < -0.3 is 10.2 Å². The summed E-state index contributed by atoms with van der Waals surface area (Å²) in [6.07, 6.45) is 2.00. The molecule has 2 heterocycles. The molecule has 3 rings (SSSR count). The highest BCUT2D eigenvalue weighted by atomic mass is 35.5. The number of aromatic nitrogens is 2. The number of hydrogen-bond donors (Lipinski definition) is 1. The summed E-state index contributed by atoms with van der Waals surface area (Å²) in [6, 6.07) is 12.6. The van der Waals surface area contributed by atoms with Gasteiger partial charge in [-0.1, -0.05) is 37.3 Å². The van der Waals surface area contributed by atoms with Crippen molar-refractivity contribution in [3.8, 4) is 0 Å². The maximum absolute atomic E-state index is 12.8. The molecule has 2 aromatic rings. The van der Waals surface area contributed by atoms with Crippen molar-refractivity contribution in [1.29, 1.82) is 0 Å². The van der Waals surface area contributed by atoms with Gasteiger partial charge in [-0.25, -0.2) is 4.68 Å². The fourth-order valence-electron chi connectivity index (χ4n) is 3.28. The molecule has 27 heavy (non-hydrogen) atoms. The van der Waals surface area contributed by atoms with Gasteiger partial charge in [-0.2, -0.15) is 5.10 Å². The van der Waals surface area contributed by atoms with Crippen LogP contribution in [0.2, 0.25) is 0 Å². The van der Waals surface area contributed by atoms with Crippen LogP contribution < -0.4 is 10.9 Å². The molecule has 1 N–H and O–H groups in total. The van der Waals surface area contributed by atoms with E-state index in [2.05, 4.69) is 17.3 Å². The number of amides is 1. The summed E-state index contributed by atoms with van der Waals surface area (Å²) in [5.41, 5.74) is 1.12. The van der Waals surface area contributed by atoms with Crippen molar-refractivity contribution in [3.63, 3.8) is 0 Å². The van der Waals surface area contributed by atoms with Gasteiger partial charge in [0.1, 0.15) is 5.69 Å². The number of piperidine rings is 1. The largest absolute Gasteiger partial charge is 0.337 e. The molecule has 1 aromatic heterocycles. The van der Waals surface area contributed by atoms with Gasteiger partial charge >= 0.3 is 0 Å². The minimum Gasteiger partial charge on any atom is -0.337 e. The third-order valence-electron chi connectivity index (χ3n) is 4.85. The summed E-state index contributed by atoms with van der Waals surface area (Å²) in [5.74, 6) is 0.535. The Kier molecular flexibility index (Phi) is 8.00. The first-order valence-corrected chi connectivity index (χ1v) is 9.29. The maximum Gasteiger partial charge on any atom is 0.274 e. The maximum atomic E-state index is 12.8. The topological polar surface area (TPSA) is 67.2 Å². The Labute approximate surface area is 166 Å². The summed E-state index contributed by atoms with van der Waals surface area (Å²) < 4.78 is 1.36. The number of carbonyl (C=O) groups excluding carboxylic acids is 1. The second-order valence-electron chi connectivity index (χ2n) is 6.74. The van der Waals surface area contributed by atoms with Gasteiger partial charge in [-0.05, 0) is 43.5 Å². The lowest BCUT2D eigenvalue weighted by molar-refractivity contribution is 0.0681. The zero-order valence-corrected chi connectivity index (χ0v) is 16.5. The monoisotopic (exact) mass is 390 g/mol. The highest BCUT2D eigenvalue weighted by molar-refractivity contribution is 5.92. The third-order valence-corrected chi connectivity index (χ3v) is 4.85. The molecule has 0 radical (unpaired) electrons. The minimum absolute atomic E-state index is 0. The number of rotatable bonds is 6. The number of nitrogens with one attached hydrogen (secondary N) is 1. The number of nitrogens with zero attached hydrogens (tertiary/aromatic N) is 3. The lowest BCUT2D eigenvalue weighted by atomic mass is 9.96. The molecule has 1 aliphatic rings. The number of carbonyl (C=O) groups is 1. The molecular formula is C20H27ClN4O2. The first kappa shape index (κ1) is 21.1. The third kappa shape index (κ3) is 5.65. The Morgan fingerprint density at radius 3 is 2.52 bits per heavy atom. The Morgan fingerprint density at radius 2 is 1.85 bits per heavy atom. The molecule has 0 aliphatic carbocycles. The standard InChI is InChI=1S/C20H26N4O2.ClH/c1-2-21-14-16-10-12-23(13-11-16)20(26)18-8-9-19(25)24(22-18)15-17-6-4-3-5-7-17;/h3-9,16,21H,2,10-15H2,1H3;1H. The second-order valence-corrected chi connectivity index (χ2v) is 6.74. The molecule has 0 spiro atoms. The van der Waals surface area contributed by atoms with Crippen LogP contribution in [0.3, 0.4) is 0 Å². The second kappa shape index (κ2) is 10.2. The zero-order chi connectivity index (χ0) is 18.4. The van der Waals surface area contributed by atoms with Crippen LogP contribution in [0.4, 0.5) is 0 Å². The lowest BCUT2D eigenvalue weighted by Gasteiger charge is -2.31. The van der Waals surface area contributed by atoms with Crippen LogP contribution in [0.5, 0.6) is 0 Å². The molecule has 0 saturated carbocycles. The van der Waals surface area contributed by atoms with E-state index in [-0.39, 0.29) is 23.9 Å². The summed E-state index contributed by atoms with van der Waals surface area (Å²) in [7, 11) is 0. The predicted molar refractivity (Wildman–Crippen MR) is 108 cm³/mol. The van der Waals surface area contributed by atoms with Crippen molar-refractivity contribution >= 4 is 18.3 Å². The van der Waals surface area contributed by atoms with Gasteiger partial charge in [0, 0.05) is 19.2 Å². The van der Waals surface area contributed by atoms with Crippen LogP contribution in [-0.2, 0) is 6.54 Å². The fourth-order valence-corrected chi connectivity index (χ4v) is 3.28. The fraction of sp³-hybridized carbons (Fsp3) is 0.450. The number of benzene rings is 1. The van der Waals surface area contributed by atoms with Gasteiger partial charge in [-0.3, -0.25) is 9.59 Å². The zero-order valence-electron chi connectivity index (χ0n) is 15.6.